The van der Waals surface area contributed by atoms with Gasteiger partial charge in [-0.1, -0.05) is 40.9 Å². The summed E-state index contributed by atoms with van der Waals surface area (Å²) in [6.07, 6.45) is -11.5. The fourth-order valence-electron chi connectivity index (χ4n) is 4.41. The maximum absolute atomic E-state index is 15.1. The highest BCUT2D eigenvalue weighted by atomic mass is 35.5. The second kappa shape index (κ2) is 11.1. The standard InChI is InChI=1S/C26H18Cl3F9N2O2/c27-17-6-12(7-18(28)20(17)29)15(25(33,34)35)8-19(30)11-1-2-14(16(5-11)26(36,37)38)21(41)40-23(3-4-23)22(42)39-13-9-24(31,32)10-13/h1-2,5-8,13,15H,3-4,9-10H2,(H,39,42)(H,40,41)/b19-8-. The lowest BCUT2D eigenvalue weighted by atomic mass is 9.88. The van der Waals surface area contributed by atoms with Gasteiger partial charge in [-0.25, -0.2) is 13.2 Å². The Morgan fingerprint density at radius 1 is 0.952 bits per heavy atom. The van der Waals surface area contributed by atoms with E-state index < -0.39 is 88.5 Å². The molecule has 0 saturated heterocycles. The van der Waals surface area contributed by atoms with Gasteiger partial charge in [-0.05, 0) is 48.7 Å². The van der Waals surface area contributed by atoms with Crippen molar-refractivity contribution in [3.05, 3.63) is 73.7 Å². The predicted octanol–water partition coefficient (Wildman–Crippen LogP) is 8.50. The number of amides is 2. The topological polar surface area (TPSA) is 58.2 Å². The molecule has 0 bridgehead atoms. The zero-order chi connectivity index (χ0) is 31.4. The van der Waals surface area contributed by atoms with Crippen LogP contribution in [0.1, 0.15) is 58.6 Å². The van der Waals surface area contributed by atoms with Crippen molar-refractivity contribution in [2.75, 3.05) is 0 Å². The number of carbonyl (C=O) groups excluding carboxylic acids is 2. The fraction of sp³-hybridized carbons (Fsp3) is 0.385. The molecule has 0 aromatic heterocycles. The van der Waals surface area contributed by atoms with Crippen molar-refractivity contribution >= 4 is 52.4 Å². The van der Waals surface area contributed by atoms with Gasteiger partial charge in [0, 0.05) is 24.4 Å². The first-order valence-corrected chi connectivity index (χ1v) is 13.2. The van der Waals surface area contributed by atoms with E-state index in [-0.39, 0.29) is 40.1 Å². The van der Waals surface area contributed by atoms with Gasteiger partial charge >= 0.3 is 12.4 Å². The number of allylic oxidation sites excluding steroid dienone is 1. The third kappa shape index (κ3) is 6.94. The number of carbonyl (C=O) groups is 2. The molecule has 42 heavy (non-hydrogen) atoms. The molecule has 0 aliphatic heterocycles. The van der Waals surface area contributed by atoms with Crippen LogP contribution in [0.3, 0.4) is 0 Å². The Kier molecular flexibility index (Phi) is 8.55. The highest BCUT2D eigenvalue weighted by Crippen LogP contribution is 2.44. The van der Waals surface area contributed by atoms with Crippen LogP contribution in [0.2, 0.25) is 15.1 Å². The van der Waals surface area contributed by atoms with Crippen LogP contribution < -0.4 is 10.6 Å². The molecule has 4 rings (SSSR count). The molecule has 2 aliphatic rings. The van der Waals surface area contributed by atoms with Crippen molar-refractivity contribution in [1.29, 1.82) is 0 Å². The average Bonchev–Trinajstić information content (AvgIpc) is 3.63. The first kappa shape index (κ1) is 32.3. The van der Waals surface area contributed by atoms with E-state index >= 15 is 4.39 Å². The Balaban J connectivity index is 1.61. The second-order valence-electron chi connectivity index (χ2n) is 10.1. The number of rotatable bonds is 7. The van der Waals surface area contributed by atoms with Gasteiger partial charge in [0.05, 0.1) is 26.2 Å². The first-order valence-electron chi connectivity index (χ1n) is 12.0. The molecule has 2 amide bonds. The van der Waals surface area contributed by atoms with Crippen LogP contribution in [0, 0.1) is 0 Å². The smallest absolute Gasteiger partial charge is 0.351 e. The highest BCUT2D eigenvalue weighted by Gasteiger charge is 2.54. The molecule has 2 fully saturated rings. The summed E-state index contributed by atoms with van der Waals surface area (Å²) < 4.78 is 124. The largest absolute Gasteiger partial charge is 0.417 e. The van der Waals surface area contributed by atoms with Gasteiger partial charge in [-0.3, -0.25) is 9.59 Å². The Morgan fingerprint density at radius 3 is 2.00 bits per heavy atom. The van der Waals surface area contributed by atoms with Gasteiger partial charge in [0.1, 0.15) is 17.3 Å². The molecule has 2 saturated carbocycles. The maximum Gasteiger partial charge on any atom is 0.417 e. The summed E-state index contributed by atoms with van der Waals surface area (Å²) in [6, 6.07) is 2.09. The minimum Gasteiger partial charge on any atom is -0.351 e. The van der Waals surface area contributed by atoms with E-state index in [0.29, 0.717) is 12.1 Å². The van der Waals surface area contributed by atoms with E-state index in [0.717, 1.165) is 12.1 Å². The molecular weight excluding hydrogens is 650 g/mol. The molecule has 0 heterocycles. The number of nitrogens with one attached hydrogen (secondary N) is 2. The van der Waals surface area contributed by atoms with Crippen molar-refractivity contribution in [2.45, 2.75) is 61.5 Å². The number of alkyl halides is 8. The second-order valence-corrected chi connectivity index (χ2v) is 11.3. The van der Waals surface area contributed by atoms with Crippen molar-refractivity contribution in [2.24, 2.45) is 0 Å². The molecule has 1 atom stereocenters. The van der Waals surface area contributed by atoms with E-state index in [2.05, 4.69) is 10.6 Å². The van der Waals surface area contributed by atoms with Crippen LogP contribution in [0.4, 0.5) is 39.5 Å². The molecule has 1 unspecified atom stereocenters. The Labute approximate surface area is 247 Å². The van der Waals surface area contributed by atoms with E-state index in [1.165, 1.54) is 0 Å². The van der Waals surface area contributed by atoms with E-state index in [1.54, 1.807) is 0 Å². The van der Waals surface area contributed by atoms with Crippen molar-refractivity contribution in [3.8, 4) is 0 Å². The van der Waals surface area contributed by atoms with E-state index in [4.69, 9.17) is 34.8 Å². The summed E-state index contributed by atoms with van der Waals surface area (Å²) in [4.78, 5) is 25.3. The summed E-state index contributed by atoms with van der Waals surface area (Å²) in [5.41, 5.74) is -5.89. The number of halogens is 12. The maximum atomic E-state index is 15.1. The molecule has 16 heteroatoms. The minimum atomic E-state index is -5.26. The van der Waals surface area contributed by atoms with Gasteiger partial charge in [-0.2, -0.15) is 26.3 Å². The van der Waals surface area contributed by atoms with Gasteiger partial charge in [0.15, 0.2) is 0 Å². The average molecular weight is 668 g/mol. The summed E-state index contributed by atoms with van der Waals surface area (Å²) in [7, 11) is 0. The predicted molar refractivity (Wildman–Crippen MR) is 136 cm³/mol. The number of benzene rings is 2. The van der Waals surface area contributed by atoms with Crippen LogP contribution in [0.5, 0.6) is 0 Å². The molecule has 4 nitrogen and oxygen atoms in total. The highest BCUT2D eigenvalue weighted by molar-refractivity contribution is 6.48. The SMILES string of the molecule is O=C(NC1(C(=O)NC2CC(F)(F)C2)CC1)c1ccc(/C(F)=C/C(c2cc(Cl)c(Cl)c(Cl)c2)C(F)(F)F)cc1C(F)(F)F. The number of hydrogen-bond donors (Lipinski definition) is 2. The molecule has 0 spiro atoms. The zero-order valence-corrected chi connectivity index (χ0v) is 23.1. The Bertz CT molecular complexity index is 1420. The molecule has 0 radical (unpaired) electrons. The lowest BCUT2D eigenvalue weighted by Crippen LogP contribution is -2.57. The molecular formula is C26H18Cl3F9N2O2. The molecule has 2 N–H and O–H groups in total. The quantitative estimate of drug-likeness (QED) is 0.230. The third-order valence-electron chi connectivity index (χ3n) is 6.84. The minimum absolute atomic E-state index is 0.0264. The normalized spacial score (nSPS) is 19.1. The van der Waals surface area contributed by atoms with Gasteiger partial charge in [0.2, 0.25) is 5.91 Å². The Morgan fingerprint density at radius 2 is 1.52 bits per heavy atom. The van der Waals surface area contributed by atoms with Crippen LogP contribution in [-0.4, -0.2) is 35.5 Å². The lowest BCUT2D eigenvalue weighted by molar-refractivity contribution is -0.140. The summed E-state index contributed by atoms with van der Waals surface area (Å²) in [5, 5.41) is 3.50. The van der Waals surface area contributed by atoms with Crippen LogP contribution in [0.25, 0.3) is 5.83 Å². The Hall–Kier alpha value is -2.64. The summed E-state index contributed by atoms with van der Waals surface area (Å²) in [5.74, 6) is -9.54. The molecule has 228 valence electrons. The van der Waals surface area contributed by atoms with Gasteiger partial charge in [-0.15, -0.1) is 0 Å². The fourth-order valence-corrected chi connectivity index (χ4v) is 5.02. The van der Waals surface area contributed by atoms with Crippen molar-refractivity contribution < 1.29 is 49.1 Å². The molecule has 2 aliphatic carbocycles. The van der Waals surface area contributed by atoms with Crippen LogP contribution in [-0.2, 0) is 11.0 Å². The summed E-state index contributed by atoms with van der Waals surface area (Å²) >= 11 is 17.3. The van der Waals surface area contributed by atoms with Crippen LogP contribution >= 0.6 is 34.8 Å². The molecule has 2 aromatic rings. The van der Waals surface area contributed by atoms with Gasteiger partial charge < -0.3 is 10.6 Å². The van der Waals surface area contributed by atoms with Gasteiger partial charge in [0.25, 0.3) is 11.8 Å². The van der Waals surface area contributed by atoms with E-state index in [9.17, 15) is 44.7 Å². The van der Waals surface area contributed by atoms with E-state index in [1.807, 2.05) is 0 Å². The van der Waals surface area contributed by atoms with Crippen LogP contribution in [0.15, 0.2) is 36.4 Å². The van der Waals surface area contributed by atoms with Crippen molar-refractivity contribution in [1.82, 2.24) is 10.6 Å². The zero-order valence-electron chi connectivity index (χ0n) is 20.8. The van der Waals surface area contributed by atoms with Crippen molar-refractivity contribution in [3.63, 3.8) is 0 Å². The first-order chi connectivity index (χ1) is 19.2. The summed E-state index contributed by atoms with van der Waals surface area (Å²) in [6.45, 7) is 0. The monoisotopic (exact) mass is 666 g/mol. The number of hydrogen-bond acceptors (Lipinski definition) is 2. The third-order valence-corrected chi connectivity index (χ3v) is 8.04. The molecule has 2 aromatic carbocycles. The lowest BCUT2D eigenvalue weighted by Gasteiger charge is -2.36.